The van der Waals surface area contributed by atoms with E-state index in [0.29, 0.717) is 12.0 Å². The number of rotatable bonds is 9. The number of aliphatic hydroxyl groups excluding tert-OH is 1. The van der Waals surface area contributed by atoms with Crippen molar-refractivity contribution in [2.24, 2.45) is 5.92 Å². The number of ether oxygens (including phenoxy) is 1. The molecular formula is C24H30FNO5. The third-order valence-corrected chi connectivity index (χ3v) is 4.71. The average molecular weight is 432 g/mol. The summed E-state index contributed by atoms with van der Waals surface area (Å²) in [5.74, 6) is -2.50. The van der Waals surface area contributed by atoms with E-state index in [1.54, 1.807) is 26.8 Å². The Morgan fingerprint density at radius 2 is 1.68 bits per heavy atom. The molecule has 31 heavy (non-hydrogen) atoms. The van der Waals surface area contributed by atoms with Crippen LogP contribution in [0.2, 0.25) is 0 Å². The smallest absolute Gasteiger partial charge is 0.407 e. The second-order valence-electron chi connectivity index (χ2n) is 8.61. The molecule has 0 heterocycles. The summed E-state index contributed by atoms with van der Waals surface area (Å²) >= 11 is 0. The first-order valence-electron chi connectivity index (χ1n) is 10.2. The van der Waals surface area contributed by atoms with Crippen LogP contribution < -0.4 is 5.32 Å². The number of carboxylic acid groups (broad SMARTS) is 1. The van der Waals surface area contributed by atoms with Gasteiger partial charge in [0.2, 0.25) is 0 Å². The van der Waals surface area contributed by atoms with Crippen molar-refractivity contribution in [3.05, 3.63) is 71.5 Å². The van der Waals surface area contributed by atoms with Gasteiger partial charge < -0.3 is 20.3 Å². The number of halogens is 1. The average Bonchev–Trinajstić information content (AvgIpc) is 2.66. The lowest BCUT2D eigenvalue weighted by Crippen LogP contribution is -2.47. The number of alkyl carbamates (subject to hydrolysis) is 1. The van der Waals surface area contributed by atoms with E-state index >= 15 is 0 Å². The summed E-state index contributed by atoms with van der Waals surface area (Å²) in [6.07, 6.45) is -1.59. The van der Waals surface area contributed by atoms with Crippen LogP contribution >= 0.6 is 0 Å². The van der Waals surface area contributed by atoms with Crippen LogP contribution in [0.5, 0.6) is 0 Å². The molecule has 0 saturated carbocycles. The molecule has 6 nitrogen and oxygen atoms in total. The van der Waals surface area contributed by atoms with Gasteiger partial charge in [-0.1, -0.05) is 42.5 Å². The first kappa shape index (κ1) is 24.3. The zero-order chi connectivity index (χ0) is 23.0. The Labute approximate surface area is 182 Å². The minimum Gasteiger partial charge on any atom is -0.481 e. The highest BCUT2D eigenvalue weighted by atomic mass is 19.1. The second kappa shape index (κ2) is 10.9. The van der Waals surface area contributed by atoms with Crippen LogP contribution in [-0.4, -0.2) is 40.0 Å². The highest BCUT2D eigenvalue weighted by Gasteiger charge is 2.30. The Morgan fingerprint density at radius 3 is 2.26 bits per heavy atom. The molecule has 7 heteroatoms. The number of hydrogen-bond donors (Lipinski definition) is 3. The third-order valence-electron chi connectivity index (χ3n) is 4.71. The number of aliphatic carboxylic acids is 1. The van der Waals surface area contributed by atoms with Gasteiger partial charge in [-0.25, -0.2) is 9.18 Å². The third kappa shape index (κ3) is 8.76. The maximum Gasteiger partial charge on any atom is 0.407 e. The van der Waals surface area contributed by atoms with Crippen LogP contribution in [0.1, 0.15) is 38.3 Å². The van der Waals surface area contributed by atoms with Crippen LogP contribution in [0.15, 0.2) is 54.6 Å². The molecule has 0 saturated heterocycles. The number of aliphatic hydroxyl groups is 1. The molecule has 2 rings (SSSR count). The molecule has 0 aliphatic heterocycles. The Balaban J connectivity index is 2.15. The van der Waals surface area contributed by atoms with Crippen molar-refractivity contribution < 1.29 is 28.9 Å². The van der Waals surface area contributed by atoms with Crippen LogP contribution in [0.3, 0.4) is 0 Å². The lowest BCUT2D eigenvalue weighted by molar-refractivity contribution is -0.143. The molecule has 3 unspecified atom stereocenters. The number of hydrogen-bond acceptors (Lipinski definition) is 4. The lowest BCUT2D eigenvalue weighted by Gasteiger charge is -2.28. The number of carbonyl (C=O) groups is 2. The van der Waals surface area contributed by atoms with E-state index in [9.17, 15) is 24.2 Å². The normalized spacial score (nSPS) is 14.4. The molecule has 0 aromatic heterocycles. The van der Waals surface area contributed by atoms with E-state index < -0.39 is 41.5 Å². The van der Waals surface area contributed by atoms with Gasteiger partial charge in [0.15, 0.2) is 0 Å². The molecule has 0 fully saturated rings. The first-order valence-corrected chi connectivity index (χ1v) is 10.2. The minimum absolute atomic E-state index is 0.0641. The second-order valence-corrected chi connectivity index (χ2v) is 8.61. The molecule has 0 aliphatic rings. The molecule has 3 atom stereocenters. The topological polar surface area (TPSA) is 95.9 Å². The zero-order valence-electron chi connectivity index (χ0n) is 18.0. The SMILES string of the molecule is CC(C)(C)OC(=O)NC(Cc1ccccc1)C(O)CC(Cc1cccc(F)c1)C(=O)O. The lowest BCUT2D eigenvalue weighted by atomic mass is 9.89. The predicted molar refractivity (Wildman–Crippen MR) is 115 cm³/mol. The van der Waals surface area contributed by atoms with Gasteiger partial charge in [-0.05, 0) is 63.3 Å². The molecule has 0 aliphatic carbocycles. The van der Waals surface area contributed by atoms with Crippen LogP contribution in [0.25, 0.3) is 0 Å². The van der Waals surface area contributed by atoms with Crippen molar-refractivity contribution in [2.75, 3.05) is 0 Å². The van der Waals surface area contributed by atoms with Crippen molar-refractivity contribution >= 4 is 12.1 Å². The van der Waals surface area contributed by atoms with E-state index in [1.807, 2.05) is 30.3 Å². The monoisotopic (exact) mass is 431 g/mol. The van der Waals surface area contributed by atoms with Gasteiger partial charge in [0.05, 0.1) is 18.1 Å². The number of carbonyl (C=O) groups excluding carboxylic acids is 1. The fraction of sp³-hybridized carbons (Fsp3) is 0.417. The molecule has 168 valence electrons. The van der Waals surface area contributed by atoms with Gasteiger partial charge in [-0.15, -0.1) is 0 Å². The Morgan fingerprint density at radius 1 is 1.03 bits per heavy atom. The standard InChI is InChI=1S/C24H30FNO5/c1-24(2,3)31-23(30)26-20(14-16-8-5-4-6-9-16)21(27)15-18(22(28)29)12-17-10-7-11-19(25)13-17/h4-11,13,18,20-21,27H,12,14-15H2,1-3H3,(H,26,30)(H,28,29). The van der Waals surface area contributed by atoms with Crippen LogP contribution in [0.4, 0.5) is 9.18 Å². The summed E-state index contributed by atoms with van der Waals surface area (Å²) in [6.45, 7) is 5.19. The van der Waals surface area contributed by atoms with Gasteiger partial charge in [-0.3, -0.25) is 4.79 Å². The summed E-state index contributed by atoms with van der Waals surface area (Å²) < 4.78 is 18.8. The van der Waals surface area contributed by atoms with Crippen molar-refractivity contribution in [2.45, 2.75) is 57.8 Å². The van der Waals surface area contributed by atoms with Gasteiger partial charge in [0.25, 0.3) is 0 Å². The summed E-state index contributed by atoms with van der Waals surface area (Å²) in [6, 6.07) is 14.2. The maximum atomic E-state index is 13.5. The fourth-order valence-electron chi connectivity index (χ4n) is 3.29. The van der Waals surface area contributed by atoms with E-state index in [2.05, 4.69) is 5.32 Å². The van der Waals surface area contributed by atoms with E-state index in [0.717, 1.165) is 5.56 Å². The van der Waals surface area contributed by atoms with Crippen molar-refractivity contribution in [1.29, 1.82) is 0 Å². The van der Waals surface area contributed by atoms with Gasteiger partial charge in [0.1, 0.15) is 11.4 Å². The molecule has 2 aromatic carbocycles. The molecule has 2 aromatic rings. The van der Waals surface area contributed by atoms with E-state index in [-0.39, 0.29) is 12.8 Å². The van der Waals surface area contributed by atoms with Crippen LogP contribution in [-0.2, 0) is 22.4 Å². The van der Waals surface area contributed by atoms with Crippen molar-refractivity contribution in [3.63, 3.8) is 0 Å². The Hall–Kier alpha value is -2.93. The van der Waals surface area contributed by atoms with Crippen LogP contribution in [0, 0.1) is 11.7 Å². The van der Waals surface area contributed by atoms with E-state index in [4.69, 9.17) is 4.74 Å². The van der Waals surface area contributed by atoms with Crippen molar-refractivity contribution in [1.82, 2.24) is 5.32 Å². The molecule has 1 amide bonds. The zero-order valence-corrected chi connectivity index (χ0v) is 18.0. The Bertz CT molecular complexity index is 866. The first-order chi connectivity index (χ1) is 14.5. The number of benzene rings is 2. The molecule has 0 spiro atoms. The highest BCUT2D eigenvalue weighted by molar-refractivity contribution is 5.70. The Kier molecular flexibility index (Phi) is 8.56. The molecule has 0 bridgehead atoms. The largest absolute Gasteiger partial charge is 0.481 e. The van der Waals surface area contributed by atoms with Gasteiger partial charge in [0, 0.05) is 0 Å². The summed E-state index contributed by atoms with van der Waals surface area (Å²) in [5, 5.41) is 23.2. The maximum absolute atomic E-state index is 13.5. The molecule has 0 radical (unpaired) electrons. The van der Waals surface area contributed by atoms with Gasteiger partial charge in [-0.2, -0.15) is 0 Å². The number of nitrogens with one attached hydrogen (secondary N) is 1. The van der Waals surface area contributed by atoms with Gasteiger partial charge >= 0.3 is 12.1 Å². The summed E-state index contributed by atoms with van der Waals surface area (Å²) in [7, 11) is 0. The number of amides is 1. The quantitative estimate of drug-likeness (QED) is 0.559. The predicted octanol–water partition coefficient (Wildman–Crippen LogP) is 3.96. The highest BCUT2D eigenvalue weighted by Crippen LogP contribution is 2.19. The minimum atomic E-state index is -1.15. The summed E-state index contributed by atoms with van der Waals surface area (Å²) in [5.41, 5.74) is 0.687. The van der Waals surface area contributed by atoms with Crippen molar-refractivity contribution in [3.8, 4) is 0 Å². The number of carboxylic acids is 1. The van der Waals surface area contributed by atoms with E-state index in [1.165, 1.54) is 18.2 Å². The summed E-state index contributed by atoms with van der Waals surface area (Å²) in [4.78, 5) is 24.1. The molecular weight excluding hydrogens is 401 g/mol. The molecule has 3 N–H and O–H groups in total. The fourth-order valence-corrected chi connectivity index (χ4v) is 3.29.